The third-order valence-electron chi connectivity index (χ3n) is 3.65. The summed E-state index contributed by atoms with van der Waals surface area (Å²) >= 11 is 0. The molecule has 0 saturated carbocycles. The van der Waals surface area contributed by atoms with Gasteiger partial charge in [-0.3, -0.25) is 9.36 Å². The van der Waals surface area contributed by atoms with Crippen LogP contribution in [0.4, 0.5) is 4.39 Å². The highest BCUT2D eigenvalue weighted by molar-refractivity contribution is 5.77. The summed E-state index contributed by atoms with van der Waals surface area (Å²) in [5, 5.41) is 0. The third-order valence-corrected chi connectivity index (χ3v) is 3.65. The zero-order valence-corrected chi connectivity index (χ0v) is 11.3. The van der Waals surface area contributed by atoms with E-state index in [1.165, 1.54) is 29.0 Å². The van der Waals surface area contributed by atoms with Crippen molar-refractivity contribution in [2.75, 3.05) is 0 Å². The minimum absolute atomic E-state index is 0.0507. The summed E-state index contributed by atoms with van der Waals surface area (Å²) in [5.41, 5.74) is 0.254. The maximum absolute atomic E-state index is 14.0. The minimum atomic E-state index is -0.620. The van der Waals surface area contributed by atoms with Crippen LogP contribution in [0.1, 0.15) is 0 Å². The molecule has 6 heteroatoms. The van der Waals surface area contributed by atoms with Gasteiger partial charge in [-0.1, -0.05) is 24.3 Å². The van der Waals surface area contributed by atoms with Crippen molar-refractivity contribution < 1.29 is 4.39 Å². The lowest BCUT2D eigenvalue weighted by Gasteiger charge is -2.05. The zero-order chi connectivity index (χ0) is 15.3. The number of halogens is 1. The molecule has 22 heavy (non-hydrogen) atoms. The Morgan fingerprint density at radius 3 is 2.41 bits per heavy atom. The summed E-state index contributed by atoms with van der Waals surface area (Å²) in [7, 11) is 0. The molecule has 0 atom stereocenters. The molecular formula is C16H10FN3O2. The van der Waals surface area contributed by atoms with Gasteiger partial charge in [-0.05, 0) is 24.3 Å². The predicted molar refractivity (Wildman–Crippen MR) is 80.6 cm³/mol. The first-order valence-electron chi connectivity index (χ1n) is 6.67. The molecule has 0 amide bonds. The van der Waals surface area contributed by atoms with E-state index in [1.54, 1.807) is 24.3 Å². The van der Waals surface area contributed by atoms with Crippen molar-refractivity contribution in [2.45, 2.75) is 0 Å². The summed E-state index contributed by atoms with van der Waals surface area (Å²) < 4.78 is 16.1. The van der Waals surface area contributed by atoms with Crippen LogP contribution >= 0.6 is 0 Å². The van der Waals surface area contributed by atoms with Gasteiger partial charge in [0.25, 0.3) is 5.56 Å². The van der Waals surface area contributed by atoms with Crippen LogP contribution < -0.4 is 11.2 Å². The highest BCUT2D eigenvalue weighted by Crippen LogP contribution is 2.16. The topological polar surface area (TPSA) is 59.8 Å². The van der Waals surface area contributed by atoms with Gasteiger partial charge < -0.3 is 4.98 Å². The van der Waals surface area contributed by atoms with E-state index in [0.717, 1.165) is 4.57 Å². The number of fused-ring (bicyclic) bond motifs is 3. The molecule has 2 aliphatic heterocycles. The number of H-pyrrole nitrogens is 1. The number of para-hydroxylation sites is 3. The van der Waals surface area contributed by atoms with Crippen molar-refractivity contribution in [1.29, 1.82) is 0 Å². The molecule has 1 N–H and O–H groups in total. The van der Waals surface area contributed by atoms with Gasteiger partial charge in [0, 0.05) is 6.20 Å². The highest BCUT2D eigenvalue weighted by Gasteiger charge is 2.21. The van der Waals surface area contributed by atoms with Crippen LogP contribution in [0.3, 0.4) is 0 Å². The van der Waals surface area contributed by atoms with Crippen molar-refractivity contribution in [1.82, 2.24) is 14.1 Å². The van der Waals surface area contributed by atoms with Gasteiger partial charge in [0.2, 0.25) is 0 Å². The van der Waals surface area contributed by atoms with Crippen LogP contribution in [0.2, 0.25) is 0 Å². The second kappa shape index (κ2) is 4.42. The Morgan fingerprint density at radius 2 is 1.59 bits per heavy atom. The van der Waals surface area contributed by atoms with E-state index in [2.05, 4.69) is 4.98 Å². The van der Waals surface area contributed by atoms with Gasteiger partial charge in [0.05, 0.1) is 16.7 Å². The molecule has 2 aliphatic rings. The fourth-order valence-electron chi connectivity index (χ4n) is 2.64. The monoisotopic (exact) mass is 295 g/mol. The van der Waals surface area contributed by atoms with Gasteiger partial charge in [0.1, 0.15) is 11.5 Å². The Labute approximate surface area is 123 Å². The molecule has 0 aliphatic carbocycles. The Kier molecular flexibility index (Phi) is 2.53. The maximum atomic E-state index is 14.0. The quantitative estimate of drug-likeness (QED) is 0.584. The fraction of sp³-hybridized carbons (Fsp3) is 0. The number of aromatic amines is 1. The summed E-state index contributed by atoms with van der Waals surface area (Å²) in [6, 6.07) is 12.8. The van der Waals surface area contributed by atoms with E-state index in [0.29, 0.717) is 11.0 Å². The maximum Gasteiger partial charge on any atom is 0.341 e. The average molecular weight is 295 g/mol. The van der Waals surface area contributed by atoms with Crippen molar-refractivity contribution in [2.24, 2.45) is 0 Å². The van der Waals surface area contributed by atoms with Gasteiger partial charge >= 0.3 is 5.69 Å². The fourth-order valence-corrected chi connectivity index (χ4v) is 2.64. The molecule has 0 fully saturated rings. The molecule has 2 aromatic carbocycles. The largest absolute Gasteiger partial charge is 0.358 e. The van der Waals surface area contributed by atoms with Crippen molar-refractivity contribution in [3.63, 3.8) is 0 Å². The Hall–Kier alpha value is -3.15. The predicted octanol–water partition coefficient (Wildman–Crippen LogP) is 2.05. The zero-order valence-electron chi connectivity index (χ0n) is 11.3. The summed E-state index contributed by atoms with van der Waals surface area (Å²) in [5.74, 6) is -0.620. The van der Waals surface area contributed by atoms with Gasteiger partial charge in [0.15, 0.2) is 0 Å². The van der Waals surface area contributed by atoms with Gasteiger partial charge in [-0.25, -0.2) is 13.8 Å². The molecule has 0 aromatic heterocycles. The number of aromatic nitrogens is 3. The first-order chi connectivity index (χ1) is 10.7. The number of nitrogens with zero attached hydrogens (tertiary/aromatic N) is 2. The number of nitrogens with one attached hydrogen (secondary N) is 1. The second-order valence-electron chi connectivity index (χ2n) is 4.90. The number of rotatable bonds is 1. The van der Waals surface area contributed by atoms with E-state index in [-0.39, 0.29) is 11.4 Å². The normalized spacial score (nSPS) is 11.3. The number of benzene rings is 2. The molecular weight excluding hydrogens is 285 g/mol. The first-order valence-corrected chi connectivity index (χ1v) is 6.67. The Morgan fingerprint density at radius 1 is 0.864 bits per heavy atom. The number of imidazole rings is 1. The molecule has 0 radical (unpaired) electrons. The molecule has 2 heterocycles. The summed E-state index contributed by atoms with van der Waals surface area (Å²) in [4.78, 5) is 28.1. The van der Waals surface area contributed by atoms with E-state index in [1.807, 2.05) is 6.07 Å². The van der Waals surface area contributed by atoms with Gasteiger partial charge in [-0.2, -0.15) is 0 Å². The number of hydrogen-bond donors (Lipinski definition) is 1. The van der Waals surface area contributed by atoms with Crippen molar-refractivity contribution in [3.8, 4) is 11.4 Å². The van der Waals surface area contributed by atoms with Crippen LogP contribution in [0.25, 0.3) is 22.4 Å². The van der Waals surface area contributed by atoms with E-state index >= 15 is 0 Å². The van der Waals surface area contributed by atoms with Crippen LogP contribution in [0, 0.1) is 5.82 Å². The standard InChI is InChI=1S/C16H10FN3O2/c17-10-5-1-3-7-12(10)20-15(21)14-9-18-11-6-2-4-8-13(11)19(14)16(20)22/h1-9,18H. The van der Waals surface area contributed by atoms with Crippen molar-refractivity contribution >= 4 is 11.0 Å². The molecule has 2 aromatic rings. The summed E-state index contributed by atoms with van der Waals surface area (Å²) in [6.07, 6.45) is 1.46. The number of hydrogen-bond acceptors (Lipinski definition) is 2. The Bertz CT molecular complexity index is 1090. The van der Waals surface area contributed by atoms with Crippen molar-refractivity contribution in [3.05, 3.63) is 81.4 Å². The highest BCUT2D eigenvalue weighted by atomic mass is 19.1. The smallest absolute Gasteiger partial charge is 0.341 e. The molecule has 5 nitrogen and oxygen atoms in total. The lowest BCUT2D eigenvalue weighted by Crippen LogP contribution is -2.25. The minimum Gasteiger partial charge on any atom is -0.358 e. The van der Waals surface area contributed by atoms with Crippen LogP contribution in [-0.2, 0) is 0 Å². The van der Waals surface area contributed by atoms with E-state index in [4.69, 9.17) is 0 Å². The molecule has 0 unspecified atom stereocenters. The Balaban J connectivity index is 2.21. The second-order valence-corrected chi connectivity index (χ2v) is 4.90. The third kappa shape index (κ3) is 1.57. The molecule has 108 valence electrons. The first kappa shape index (κ1) is 12.6. The molecule has 0 spiro atoms. The molecule has 0 bridgehead atoms. The van der Waals surface area contributed by atoms with Crippen LogP contribution in [0.5, 0.6) is 0 Å². The lowest BCUT2D eigenvalue weighted by molar-refractivity contribution is 0.614. The van der Waals surface area contributed by atoms with Gasteiger partial charge in [-0.15, -0.1) is 0 Å². The summed E-state index contributed by atoms with van der Waals surface area (Å²) in [6.45, 7) is 0. The molecule has 0 saturated heterocycles. The average Bonchev–Trinajstić information content (AvgIpc) is 2.80. The van der Waals surface area contributed by atoms with E-state index in [9.17, 15) is 14.0 Å². The van der Waals surface area contributed by atoms with E-state index < -0.39 is 17.1 Å². The SMILES string of the molecule is O=c1c2c[nH]c3ccccc3n-2c(=O)n1-c1ccccc1F. The molecule has 4 rings (SSSR count). The van der Waals surface area contributed by atoms with Crippen LogP contribution in [-0.4, -0.2) is 14.1 Å². The van der Waals surface area contributed by atoms with Crippen LogP contribution in [0.15, 0.2) is 64.3 Å². The lowest BCUT2D eigenvalue weighted by atomic mass is 10.3.